The standard InChI is InChI=1S/C21H23N3O2S2/c1-13-7-5-6-10-16(13)22-17(25)12-28-21-23-19(26)18-15(11-27-20(18)24-21)14-8-3-2-4-9-14/h2-4,8-9,11,13,16H,5-7,10,12H2,1H3,(H,22,25)(H,23,24,26)/t13-,16+/m0/s1. The fourth-order valence-corrected chi connectivity index (χ4v) is 5.42. The van der Waals surface area contributed by atoms with Gasteiger partial charge in [0.15, 0.2) is 5.16 Å². The second kappa shape index (κ2) is 8.49. The fourth-order valence-electron chi connectivity index (χ4n) is 3.74. The van der Waals surface area contributed by atoms with E-state index in [1.807, 2.05) is 35.7 Å². The molecule has 7 heteroatoms. The Bertz CT molecular complexity index is 1030. The minimum Gasteiger partial charge on any atom is -0.352 e. The maximum absolute atomic E-state index is 12.7. The Morgan fingerprint density at radius 1 is 1.29 bits per heavy atom. The van der Waals surface area contributed by atoms with Crippen LogP contribution in [0.4, 0.5) is 0 Å². The summed E-state index contributed by atoms with van der Waals surface area (Å²) < 4.78 is 0. The number of carbonyl (C=O) groups is 1. The van der Waals surface area contributed by atoms with Gasteiger partial charge in [-0.3, -0.25) is 9.59 Å². The minimum absolute atomic E-state index is 0.00245. The van der Waals surface area contributed by atoms with Gasteiger partial charge in [-0.25, -0.2) is 4.98 Å². The molecule has 146 valence electrons. The van der Waals surface area contributed by atoms with E-state index in [2.05, 4.69) is 22.2 Å². The summed E-state index contributed by atoms with van der Waals surface area (Å²) >= 11 is 2.74. The smallest absolute Gasteiger partial charge is 0.260 e. The van der Waals surface area contributed by atoms with E-state index in [0.717, 1.165) is 17.5 Å². The molecule has 3 aromatic rings. The van der Waals surface area contributed by atoms with Gasteiger partial charge in [0.1, 0.15) is 4.83 Å². The van der Waals surface area contributed by atoms with Crippen molar-refractivity contribution in [3.63, 3.8) is 0 Å². The number of benzene rings is 1. The van der Waals surface area contributed by atoms with Crippen LogP contribution in [0.1, 0.15) is 32.6 Å². The highest BCUT2D eigenvalue weighted by Crippen LogP contribution is 2.31. The zero-order chi connectivity index (χ0) is 19.5. The van der Waals surface area contributed by atoms with Crippen LogP contribution in [-0.4, -0.2) is 27.7 Å². The van der Waals surface area contributed by atoms with Crippen molar-refractivity contribution >= 4 is 39.2 Å². The number of nitrogens with one attached hydrogen (secondary N) is 2. The molecule has 0 radical (unpaired) electrons. The predicted molar refractivity (Wildman–Crippen MR) is 116 cm³/mol. The number of fused-ring (bicyclic) bond motifs is 1. The van der Waals surface area contributed by atoms with Gasteiger partial charge in [-0.1, -0.05) is 61.9 Å². The van der Waals surface area contributed by atoms with Crippen LogP contribution in [0.2, 0.25) is 0 Å². The molecule has 0 bridgehead atoms. The van der Waals surface area contributed by atoms with Crippen LogP contribution in [-0.2, 0) is 4.79 Å². The topological polar surface area (TPSA) is 74.8 Å². The highest BCUT2D eigenvalue weighted by atomic mass is 32.2. The van der Waals surface area contributed by atoms with E-state index in [4.69, 9.17) is 0 Å². The number of hydrogen-bond donors (Lipinski definition) is 2. The molecule has 0 spiro atoms. The molecule has 1 aliphatic carbocycles. The Kier molecular flexibility index (Phi) is 5.82. The maximum atomic E-state index is 12.7. The van der Waals surface area contributed by atoms with E-state index in [9.17, 15) is 9.59 Å². The Labute approximate surface area is 172 Å². The second-order valence-electron chi connectivity index (χ2n) is 7.29. The first-order valence-electron chi connectivity index (χ1n) is 9.61. The number of thiophene rings is 1. The van der Waals surface area contributed by atoms with Crippen molar-refractivity contribution in [3.8, 4) is 11.1 Å². The van der Waals surface area contributed by atoms with Crippen LogP contribution < -0.4 is 10.9 Å². The Hall–Kier alpha value is -2.12. The summed E-state index contributed by atoms with van der Waals surface area (Å²) in [5.74, 6) is 0.788. The highest BCUT2D eigenvalue weighted by molar-refractivity contribution is 7.99. The summed E-state index contributed by atoms with van der Waals surface area (Å²) in [6.07, 6.45) is 4.65. The first-order chi connectivity index (χ1) is 13.6. The zero-order valence-electron chi connectivity index (χ0n) is 15.7. The molecule has 5 nitrogen and oxygen atoms in total. The molecule has 4 rings (SSSR count). The summed E-state index contributed by atoms with van der Waals surface area (Å²) in [7, 11) is 0. The monoisotopic (exact) mass is 413 g/mol. The summed E-state index contributed by atoms with van der Waals surface area (Å²) in [5, 5.41) is 6.21. The first kappa shape index (κ1) is 19.2. The van der Waals surface area contributed by atoms with Gasteiger partial charge >= 0.3 is 0 Å². The molecule has 0 saturated heterocycles. The van der Waals surface area contributed by atoms with E-state index in [1.54, 1.807) is 0 Å². The lowest BCUT2D eigenvalue weighted by Gasteiger charge is -2.29. The van der Waals surface area contributed by atoms with Crippen molar-refractivity contribution in [2.45, 2.75) is 43.8 Å². The van der Waals surface area contributed by atoms with Gasteiger partial charge in [-0.15, -0.1) is 11.3 Å². The maximum Gasteiger partial charge on any atom is 0.260 e. The van der Waals surface area contributed by atoms with Crippen LogP contribution in [0.15, 0.2) is 45.7 Å². The van der Waals surface area contributed by atoms with E-state index in [-0.39, 0.29) is 23.3 Å². The van der Waals surface area contributed by atoms with Crippen LogP contribution in [0.3, 0.4) is 0 Å². The third kappa shape index (κ3) is 4.15. The van der Waals surface area contributed by atoms with Gasteiger partial charge in [-0.05, 0) is 24.3 Å². The Balaban J connectivity index is 1.46. The Morgan fingerprint density at radius 2 is 2.07 bits per heavy atom. The van der Waals surface area contributed by atoms with Gasteiger partial charge < -0.3 is 10.3 Å². The van der Waals surface area contributed by atoms with E-state index in [1.165, 1.54) is 42.4 Å². The average molecular weight is 414 g/mol. The SMILES string of the molecule is C[C@H]1CCCC[C@H]1NC(=O)CSc1nc2scc(-c3ccccc3)c2c(=O)[nH]1. The molecule has 28 heavy (non-hydrogen) atoms. The number of amides is 1. The van der Waals surface area contributed by atoms with Crippen LogP contribution in [0.25, 0.3) is 21.3 Å². The van der Waals surface area contributed by atoms with E-state index in [0.29, 0.717) is 21.3 Å². The fraction of sp³-hybridized carbons (Fsp3) is 0.381. The number of thioether (sulfide) groups is 1. The molecule has 0 unspecified atom stereocenters. The molecule has 1 saturated carbocycles. The summed E-state index contributed by atoms with van der Waals surface area (Å²) in [4.78, 5) is 33.1. The molecule has 1 aromatic carbocycles. The van der Waals surface area contributed by atoms with E-state index < -0.39 is 0 Å². The van der Waals surface area contributed by atoms with Gasteiger partial charge in [0.2, 0.25) is 5.91 Å². The average Bonchev–Trinajstić information content (AvgIpc) is 3.13. The summed E-state index contributed by atoms with van der Waals surface area (Å²) in [5.41, 5.74) is 1.74. The molecule has 1 fully saturated rings. The molecule has 0 aliphatic heterocycles. The molecular formula is C21H23N3O2S2. The van der Waals surface area contributed by atoms with Gasteiger partial charge in [0.25, 0.3) is 5.56 Å². The zero-order valence-corrected chi connectivity index (χ0v) is 17.4. The lowest BCUT2D eigenvalue weighted by molar-refractivity contribution is -0.119. The van der Waals surface area contributed by atoms with Crippen LogP contribution in [0, 0.1) is 5.92 Å². The first-order valence-corrected chi connectivity index (χ1v) is 11.5. The van der Waals surface area contributed by atoms with Crippen LogP contribution in [0.5, 0.6) is 0 Å². The number of hydrogen-bond acceptors (Lipinski definition) is 5. The molecule has 2 heterocycles. The number of rotatable bonds is 5. The highest BCUT2D eigenvalue weighted by Gasteiger charge is 2.23. The number of H-pyrrole nitrogens is 1. The van der Waals surface area contributed by atoms with Crippen molar-refractivity contribution in [3.05, 3.63) is 46.1 Å². The van der Waals surface area contributed by atoms with Crippen molar-refractivity contribution in [1.29, 1.82) is 0 Å². The summed E-state index contributed by atoms with van der Waals surface area (Å²) in [6.45, 7) is 2.20. The van der Waals surface area contributed by atoms with Crippen molar-refractivity contribution in [2.24, 2.45) is 5.92 Å². The quantitative estimate of drug-likeness (QED) is 0.479. The van der Waals surface area contributed by atoms with Crippen molar-refractivity contribution in [1.82, 2.24) is 15.3 Å². The van der Waals surface area contributed by atoms with Gasteiger partial charge in [0.05, 0.1) is 11.1 Å². The van der Waals surface area contributed by atoms with E-state index >= 15 is 0 Å². The molecule has 1 amide bonds. The lowest BCUT2D eigenvalue weighted by atomic mass is 9.86. The molecule has 1 aliphatic rings. The second-order valence-corrected chi connectivity index (χ2v) is 9.11. The largest absolute Gasteiger partial charge is 0.352 e. The number of carbonyl (C=O) groups excluding carboxylic acids is 1. The normalized spacial score (nSPS) is 19.6. The van der Waals surface area contributed by atoms with Crippen LogP contribution >= 0.6 is 23.1 Å². The Morgan fingerprint density at radius 3 is 2.86 bits per heavy atom. The molecule has 2 N–H and O–H groups in total. The van der Waals surface area contributed by atoms with Gasteiger partial charge in [-0.2, -0.15) is 0 Å². The third-order valence-corrected chi connectivity index (χ3v) is 7.05. The summed E-state index contributed by atoms with van der Waals surface area (Å²) in [6, 6.07) is 10.1. The number of aromatic nitrogens is 2. The lowest BCUT2D eigenvalue weighted by Crippen LogP contribution is -2.41. The predicted octanol–water partition coefficient (Wildman–Crippen LogP) is 4.44. The number of aromatic amines is 1. The minimum atomic E-state index is -0.158. The molecule has 2 aromatic heterocycles. The molecular weight excluding hydrogens is 390 g/mol. The van der Waals surface area contributed by atoms with Crippen molar-refractivity contribution < 1.29 is 4.79 Å². The van der Waals surface area contributed by atoms with Crippen molar-refractivity contribution in [2.75, 3.05) is 5.75 Å². The number of nitrogens with zero attached hydrogens (tertiary/aromatic N) is 1. The third-order valence-electron chi connectivity index (χ3n) is 5.30. The van der Waals surface area contributed by atoms with Gasteiger partial charge in [0, 0.05) is 17.0 Å². The molecule has 2 atom stereocenters.